The summed E-state index contributed by atoms with van der Waals surface area (Å²) >= 11 is 12.4. The fourth-order valence-corrected chi connectivity index (χ4v) is 5.08. The predicted molar refractivity (Wildman–Crippen MR) is 153 cm³/mol. The number of carbonyl (C=O) groups is 1. The first-order valence-electron chi connectivity index (χ1n) is 11.9. The molecule has 0 aromatic heterocycles. The number of fused-ring (bicyclic) bond motifs is 1. The first-order valence-corrected chi connectivity index (χ1v) is 12.7. The van der Waals surface area contributed by atoms with Gasteiger partial charge in [0.15, 0.2) is 5.82 Å². The lowest BCUT2D eigenvalue weighted by Gasteiger charge is -2.36. The number of methoxy groups -OCH3 is 1. The van der Waals surface area contributed by atoms with E-state index in [2.05, 4.69) is 0 Å². The van der Waals surface area contributed by atoms with Gasteiger partial charge in [-0.1, -0.05) is 54.2 Å². The number of amides is 1. The van der Waals surface area contributed by atoms with E-state index in [1.165, 1.54) is 0 Å². The summed E-state index contributed by atoms with van der Waals surface area (Å²) < 4.78 is 21.3. The van der Waals surface area contributed by atoms with Crippen molar-refractivity contribution in [1.29, 1.82) is 0 Å². The quantitative estimate of drug-likeness (QED) is 0.274. The molecule has 4 rings (SSSR count). The summed E-state index contributed by atoms with van der Waals surface area (Å²) in [6.45, 7) is 2.76. The van der Waals surface area contributed by atoms with Gasteiger partial charge in [-0.05, 0) is 48.6 Å². The van der Waals surface area contributed by atoms with Crippen LogP contribution >= 0.6 is 23.8 Å². The molecule has 3 aromatic carbocycles. The molecule has 3 aromatic rings. The average Bonchev–Trinajstić information content (AvgIpc) is 2.90. The third-order valence-electron chi connectivity index (χ3n) is 6.44. The number of carbonyl (C=O) groups excluding carboxylic acids is 1. The number of nitrogens with zero attached hydrogens (tertiary/aromatic N) is 3. The minimum Gasteiger partial charge on any atom is -0.497 e. The van der Waals surface area contributed by atoms with Crippen LogP contribution in [0, 0.1) is 5.82 Å². The molecule has 194 valence electrons. The Morgan fingerprint density at radius 2 is 1.84 bits per heavy atom. The van der Waals surface area contributed by atoms with Crippen LogP contribution in [0.5, 0.6) is 5.75 Å². The van der Waals surface area contributed by atoms with Crippen LogP contribution in [0.3, 0.4) is 0 Å². The van der Waals surface area contributed by atoms with Crippen molar-refractivity contribution in [2.75, 3.05) is 59.7 Å². The highest BCUT2D eigenvalue weighted by molar-refractivity contribution is 7.80. The molecule has 0 spiro atoms. The Morgan fingerprint density at radius 3 is 2.51 bits per heavy atom. The lowest BCUT2D eigenvalue weighted by molar-refractivity contribution is -0.127. The number of rotatable bonds is 6. The molecular formula is C28H30ClFN4O2S. The van der Waals surface area contributed by atoms with Gasteiger partial charge in [0, 0.05) is 49.9 Å². The van der Waals surface area contributed by atoms with Crippen molar-refractivity contribution in [3.05, 3.63) is 71.0 Å². The topological polar surface area (TPSA) is 62.0 Å². The van der Waals surface area contributed by atoms with Gasteiger partial charge in [0.25, 0.3) is 0 Å². The third kappa shape index (κ3) is 5.71. The molecule has 0 aliphatic carbocycles. The molecule has 0 radical (unpaired) electrons. The maximum atomic E-state index is 15.9. The second-order valence-electron chi connectivity index (χ2n) is 9.19. The minimum absolute atomic E-state index is 0.0316. The van der Waals surface area contributed by atoms with E-state index < -0.39 is 5.82 Å². The van der Waals surface area contributed by atoms with Gasteiger partial charge >= 0.3 is 0 Å². The van der Waals surface area contributed by atoms with Gasteiger partial charge in [0.1, 0.15) is 10.7 Å². The summed E-state index contributed by atoms with van der Waals surface area (Å²) in [4.78, 5) is 18.6. The minimum atomic E-state index is -0.622. The molecule has 1 aliphatic rings. The Bertz CT molecular complexity index is 1370. The van der Waals surface area contributed by atoms with Crippen molar-refractivity contribution < 1.29 is 13.9 Å². The van der Waals surface area contributed by atoms with E-state index in [4.69, 9.17) is 34.3 Å². The van der Waals surface area contributed by atoms with E-state index in [9.17, 15) is 4.79 Å². The highest BCUT2D eigenvalue weighted by atomic mass is 35.5. The molecule has 1 fully saturated rings. The first kappa shape index (κ1) is 26.9. The fourth-order valence-electron chi connectivity index (χ4n) is 4.44. The Balaban J connectivity index is 1.58. The Labute approximate surface area is 227 Å². The largest absolute Gasteiger partial charge is 0.497 e. The van der Waals surface area contributed by atoms with Crippen LogP contribution in [-0.2, 0) is 4.79 Å². The number of ether oxygens (including phenoxy) is 1. The summed E-state index contributed by atoms with van der Waals surface area (Å²) in [6.07, 6.45) is 3.44. The van der Waals surface area contributed by atoms with E-state index in [0.717, 1.165) is 10.8 Å². The van der Waals surface area contributed by atoms with E-state index >= 15 is 4.39 Å². The van der Waals surface area contributed by atoms with E-state index in [0.29, 0.717) is 54.6 Å². The SMILES string of the molecule is COc1cc(-c2c(Cl)cc(C(=S)N3CCN(C(=O)/C=C/CN(C)C)CC3)c(N)c2F)c2ccccc2c1. The highest BCUT2D eigenvalue weighted by Crippen LogP contribution is 2.41. The zero-order valence-corrected chi connectivity index (χ0v) is 22.7. The highest BCUT2D eigenvalue weighted by Gasteiger charge is 2.26. The second kappa shape index (κ2) is 11.5. The maximum absolute atomic E-state index is 15.9. The lowest BCUT2D eigenvalue weighted by atomic mass is 9.95. The monoisotopic (exact) mass is 540 g/mol. The van der Waals surface area contributed by atoms with Crippen LogP contribution in [0.1, 0.15) is 5.56 Å². The summed E-state index contributed by atoms with van der Waals surface area (Å²) in [5.41, 5.74) is 7.43. The van der Waals surface area contributed by atoms with Gasteiger partial charge in [-0.15, -0.1) is 0 Å². The van der Waals surface area contributed by atoms with Crippen molar-refractivity contribution in [2.24, 2.45) is 0 Å². The number of halogens is 2. The fraction of sp³-hybridized carbons (Fsp3) is 0.286. The van der Waals surface area contributed by atoms with Gasteiger partial charge in [-0.2, -0.15) is 0 Å². The Kier molecular flexibility index (Phi) is 8.32. The molecule has 0 unspecified atom stereocenters. The molecular weight excluding hydrogens is 511 g/mol. The summed E-state index contributed by atoms with van der Waals surface area (Å²) in [6, 6.07) is 12.9. The lowest BCUT2D eigenvalue weighted by Crippen LogP contribution is -2.50. The summed E-state index contributed by atoms with van der Waals surface area (Å²) in [7, 11) is 5.46. The van der Waals surface area contributed by atoms with E-state index in [-0.39, 0.29) is 22.2 Å². The van der Waals surface area contributed by atoms with Crippen molar-refractivity contribution in [2.45, 2.75) is 0 Å². The van der Waals surface area contributed by atoms with Crippen LogP contribution in [0.4, 0.5) is 10.1 Å². The van der Waals surface area contributed by atoms with Crippen molar-refractivity contribution in [3.63, 3.8) is 0 Å². The maximum Gasteiger partial charge on any atom is 0.246 e. The molecule has 37 heavy (non-hydrogen) atoms. The molecule has 1 aliphatic heterocycles. The number of piperazine rings is 1. The Morgan fingerprint density at radius 1 is 1.16 bits per heavy atom. The molecule has 9 heteroatoms. The van der Waals surface area contributed by atoms with E-state index in [1.807, 2.05) is 60.3 Å². The smallest absolute Gasteiger partial charge is 0.246 e. The van der Waals surface area contributed by atoms with Gasteiger partial charge in [-0.25, -0.2) is 4.39 Å². The number of hydrogen-bond acceptors (Lipinski definition) is 5. The van der Waals surface area contributed by atoms with Crippen LogP contribution in [0.15, 0.2) is 54.6 Å². The van der Waals surface area contributed by atoms with Gasteiger partial charge in [0.2, 0.25) is 5.91 Å². The number of hydrogen-bond donors (Lipinski definition) is 1. The first-order chi connectivity index (χ1) is 17.7. The zero-order valence-electron chi connectivity index (χ0n) is 21.1. The number of thiocarbonyl (C=S) groups is 1. The molecule has 0 atom stereocenters. The molecule has 1 amide bonds. The van der Waals surface area contributed by atoms with Gasteiger partial charge in [0.05, 0.1) is 17.8 Å². The van der Waals surface area contributed by atoms with Crippen LogP contribution < -0.4 is 10.5 Å². The van der Waals surface area contributed by atoms with Gasteiger partial charge < -0.3 is 25.2 Å². The average molecular weight is 541 g/mol. The molecule has 6 nitrogen and oxygen atoms in total. The summed E-state index contributed by atoms with van der Waals surface area (Å²) in [5, 5.41) is 1.94. The standard InChI is InChI=1S/C28H30ClFN4O2S/c1-32(2)10-6-9-24(35)33-11-13-34(14-12-33)28(37)22-17-23(29)25(26(30)27(22)31)21-16-19(36-3)15-18-7-4-5-8-20(18)21/h4-9,15-17H,10-14,31H2,1-3H3/b9-6+. The van der Waals surface area contributed by atoms with E-state index in [1.54, 1.807) is 30.2 Å². The predicted octanol–water partition coefficient (Wildman–Crippen LogP) is 4.83. The molecule has 2 N–H and O–H groups in total. The third-order valence-corrected chi connectivity index (χ3v) is 7.21. The molecule has 0 bridgehead atoms. The number of likely N-dealkylation sites (N-methyl/N-ethyl adjacent to an activating group) is 1. The number of nitrogens with two attached hydrogens (primary N) is 1. The normalized spacial score (nSPS) is 14.1. The number of anilines is 1. The zero-order chi connectivity index (χ0) is 26.7. The molecule has 1 saturated heterocycles. The molecule has 0 saturated carbocycles. The molecule has 1 heterocycles. The van der Waals surface area contributed by atoms with Crippen molar-refractivity contribution in [3.8, 4) is 16.9 Å². The summed E-state index contributed by atoms with van der Waals surface area (Å²) in [5.74, 6) is -0.0645. The number of benzene rings is 3. The van der Waals surface area contributed by atoms with Crippen molar-refractivity contribution in [1.82, 2.24) is 14.7 Å². The Hall–Kier alpha value is -3.20. The van der Waals surface area contributed by atoms with Crippen LogP contribution in [-0.4, -0.2) is 79.5 Å². The van der Waals surface area contributed by atoms with Crippen LogP contribution in [0.25, 0.3) is 21.9 Å². The second-order valence-corrected chi connectivity index (χ2v) is 9.98. The number of nitrogen functional groups attached to an aromatic ring is 1. The van der Waals surface area contributed by atoms with Crippen LogP contribution in [0.2, 0.25) is 5.02 Å². The van der Waals surface area contributed by atoms with Gasteiger partial charge in [-0.3, -0.25) is 4.79 Å². The van der Waals surface area contributed by atoms with Crippen molar-refractivity contribution >= 4 is 51.2 Å².